The Hall–Kier alpha value is -1.03. The van der Waals surface area contributed by atoms with Crippen molar-refractivity contribution in [2.45, 2.75) is 0 Å². The van der Waals surface area contributed by atoms with Gasteiger partial charge in [-0.25, -0.2) is 4.57 Å². The largest absolute Gasteiger partial charge is 0.476 e. The Kier molecular flexibility index (Phi) is 6.84. The van der Waals surface area contributed by atoms with E-state index in [9.17, 15) is 4.57 Å². The summed E-state index contributed by atoms with van der Waals surface area (Å²) in [6.45, 7) is 3.09. The molecule has 0 aliphatic rings. The zero-order valence-electron chi connectivity index (χ0n) is 7.64. The maximum Gasteiger partial charge on any atom is 0.476 e. The third-order valence-corrected chi connectivity index (χ3v) is 2.32. The van der Waals surface area contributed by atoms with E-state index in [-0.39, 0.29) is 19.8 Å². The highest BCUT2D eigenvalue weighted by molar-refractivity contribution is 7.48. The lowest BCUT2D eigenvalue weighted by Gasteiger charge is -2.14. The van der Waals surface area contributed by atoms with Gasteiger partial charge in [0.25, 0.3) is 0 Å². The van der Waals surface area contributed by atoms with Crippen molar-refractivity contribution in [1.29, 1.82) is 0 Å². The predicted molar refractivity (Wildman–Crippen MR) is 53.3 cm³/mol. The van der Waals surface area contributed by atoms with Crippen LogP contribution in [0.15, 0.2) is 12.7 Å². The SMILES string of the molecule is C#CCOP(=O)(OCC#C)OCC=C. The quantitative estimate of drug-likeness (QED) is 0.367. The topological polar surface area (TPSA) is 44.8 Å². The molecule has 0 aromatic rings. The highest BCUT2D eigenvalue weighted by Crippen LogP contribution is 2.48. The molecule has 0 aliphatic heterocycles. The van der Waals surface area contributed by atoms with E-state index >= 15 is 0 Å². The van der Waals surface area contributed by atoms with Crippen LogP contribution in [-0.4, -0.2) is 19.8 Å². The van der Waals surface area contributed by atoms with Crippen molar-refractivity contribution in [2.24, 2.45) is 0 Å². The first kappa shape index (κ1) is 13.0. The van der Waals surface area contributed by atoms with Gasteiger partial charge in [0, 0.05) is 0 Å². The van der Waals surface area contributed by atoms with Crippen molar-refractivity contribution in [3.63, 3.8) is 0 Å². The van der Waals surface area contributed by atoms with Crippen molar-refractivity contribution in [3.8, 4) is 24.7 Å². The van der Waals surface area contributed by atoms with Gasteiger partial charge in [-0.3, -0.25) is 13.6 Å². The highest BCUT2D eigenvalue weighted by Gasteiger charge is 2.25. The van der Waals surface area contributed by atoms with E-state index in [1.807, 2.05) is 0 Å². The molecule has 5 heteroatoms. The van der Waals surface area contributed by atoms with Gasteiger partial charge in [0.2, 0.25) is 0 Å². The molecule has 4 nitrogen and oxygen atoms in total. The summed E-state index contributed by atoms with van der Waals surface area (Å²) >= 11 is 0. The average molecular weight is 214 g/mol. The molecule has 0 aromatic heterocycles. The fourth-order valence-corrected chi connectivity index (χ4v) is 1.47. The van der Waals surface area contributed by atoms with Crippen LogP contribution in [0.5, 0.6) is 0 Å². The normalized spacial score (nSPS) is 10.1. The van der Waals surface area contributed by atoms with E-state index in [1.54, 1.807) is 0 Å². The molecule has 0 bridgehead atoms. The fourth-order valence-electron chi connectivity index (χ4n) is 0.488. The van der Waals surface area contributed by atoms with Gasteiger partial charge in [0.1, 0.15) is 13.2 Å². The molecule has 76 valence electrons. The molecular weight excluding hydrogens is 203 g/mol. The molecule has 0 aromatic carbocycles. The van der Waals surface area contributed by atoms with Gasteiger partial charge in [-0.1, -0.05) is 17.9 Å². The summed E-state index contributed by atoms with van der Waals surface area (Å²) in [6, 6.07) is 0. The van der Waals surface area contributed by atoms with Gasteiger partial charge in [-0.15, -0.1) is 19.4 Å². The molecule has 0 unspecified atom stereocenters. The van der Waals surface area contributed by atoms with Crippen molar-refractivity contribution in [3.05, 3.63) is 12.7 Å². The molecule has 0 fully saturated rings. The first-order valence-electron chi connectivity index (χ1n) is 3.70. The van der Waals surface area contributed by atoms with E-state index in [1.165, 1.54) is 6.08 Å². The molecule has 14 heavy (non-hydrogen) atoms. The van der Waals surface area contributed by atoms with E-state index in [4.69, 9.17) is 26.4 Å². The Bertz CT molecular complexity index is 275. The zero-order valence-corrected chi connectivity index (χ0v) is 8.54. The average Bonchev–Trinajstić information content (AvgIpc) is 2.21. The molecule has 0 rings (SSSR count). The van der Waals surface area contributed by atoms with Crippen LogP contribution in [0.3, 0.4) is 0 Å². The summed E-state index contributed by atoms with van der Waals surface area (Å²) in [6.07, 6.45) is 11.3. The van der Waals surface area contributed by atoms with Crippen LogP contribution in [0.25, 0.3) is 0 Å². The minimum atomic E-state index is -3.63. The smallest absolute Gasteiger partial charge is 0.283 e. The van der Waals surface area contributed by atoms with Crippen LogP contribution in [-0.2, 0) is 18.1 Å². The second kappa shape index (κ2) is 7.38. The summed E-state index contributed by atoms with van der Waals surface area (Å²) in [5.74, 6) is 4.29. The van der Waals surface area contributed by atoms with Gasteiger partial charge in [-0.2, -0.15) is 0 Å². The minimum absolute atomic E-state index is 0.0341. The Morgan fingerprint density at radius 3 is 2.07 bits per heavy atom. The van der Waals surface area contributed by atoms with Crippen molar-refractivity contribution >= 4 is 7.82 Å². The number of hydrogen-bond acceptors (Lipinski definition) is 4. The summed E-state index contributed by atoms with van der Waals surface area (Å²) in [5.41, 5.74) is 0. The first-order chi connectivity index (χ1) is 6.68. The van der Waals surface area contributed by atoms with Gasteiger partial charge >= 0.3 is 7.82 Å². The molecule has 0 radical (unpaired) electrons. The first-order valence-corrected chi connectivity index (χ1v) is 5.16. The summed E-state index contributed by atoms with van der Waals surface area (Å²) < 4.78 is 25.8. The maximum absolute atomic E-state index is 11.6. The van der Waals surface area contributed by atoms with Crippen LogP contribution in [0.4, 0.5) is 0 Å². The van der Waals surface area contributed by atoms with Crippen LogP contribution < -0.4 is 0 Å². The van der Waals surface area contributed by atoms with E-state index < -0.39 is 7.82 Å². The molecule has 0 aliphatic carbocycles. The summed E-state index contributed by atoms with van der Waals surface area (Å²) in [5, 5.41) is 0. The maximum atomic E-state index is 11.6. The van der Waals surface area contributed by atoms with Gasteiger partial charge in [0.15, 0.2) is 0 Å². The number of hydrogen-bond donors (Lipinski definition) is 0. The Labute approximate surface area is 83.9 Å². The fraction of sp³-hybridized carbons (Fsp3) is 0.333. The predicted octanol–water partition coefficient (Wildman–Crippen LogP) is 1.60. The van der Waals surface area contributed by atoms with Crippen LogP contribution >= 0.6 is 7.82 Å². The lowest BCUT2D eigenvalue weighted by Crippen LogP contribution is -2.01. The standard InChI is InChI=1S/C9H11O4P/c1-4-7-11-14(10,12-8-5-2)13-9-6-3/h1-2,6H,3,7-9H2. The molecule has 0 spiro atoms. The lowest BCUT2D eigenvalue weighted by molar-refractivity contribution is 0.144. The van der Waals surface area contributed by atoms with Gasteiger partial charge in [0.05, 0.1) is 6.61 Å². The second-order valence-electron chi connectivity index (χ2n) is 1.99. The third kappa shape index (κ3) is 5.59. The number of phosphoric ester groups is 1. The summed E-state index contributed by atoms with van der Waals surface area (Å²) in [4.78, 5) is 0. The molecule has 0 saturated heterocycles. The number of phosphoric acid groups is 1. The molecular formula is C9H11O4P. The molecule has 0 heterocycles. The van der Waals surface area contributed by atoms with Gasteiger partial charge < -0.3 is 0 Å². The zero-order chi connectivity index (χ0) is 10.9. The van der Waals surface area contributed by atoms with E-state index in [2.05, 4.69) is 18.4 Å². The molecule has 0 saturated carbocycles. The Morgan fingerprint density at radius 2 is 1.71 bits per heavy atom. The highest BCUT2D eigenvalue weighted by atomic mass is 31.2. The van der Waals surface area contributed by atoms with Crippen molar-refractivity contribution in [2.75, 3.05) is 19.8 Å². The van der Waals surface area contributed by atoms with Gasteiger partial charge in [-0.05, 0) is 0 Å². The third-order valence-electron chi connectivity index (χ3n) is 0.962. The number of rotatable bonds is 7. The van der Waals surface area contributed by atoms with E-state index in [0.29, 0.717) is 0 Å². The van der Waals surface area contributed by atoms with Crippen molar-refractivity contribution in [1.82, 2.24) is 0 Å². The molecule has 0 N–H and O–H groups in total. The molecule has 0 atom stereocenters. The van der Waals surface area contributed by atoms with E-state index in [0.717, 1.165) is 0 Å². The molecule has 0 amide bonds. The van der Waals surface area contributed by atoms with Crippen LogP contribution in [0, 0.1) is 24.7 Å². The Morgan fingerprint density at radius 1 is 1.21 bits per heavy atom. The number of terminal acetylenes is 2. The Balaban J connectivity index is 4.20. The lowest BCUT2D eigenvalue weighted by atomic mass is 10.7. The monoisotopic (exact) mass is 214 g/mol. The van der Waals surface area contributed by atoms with Crippen LogP contribution in [0.1, 0.15) is 0 Å². The minimum Gasteiger partial charge on any atom is -0.283 e. The summed E-state index contributed by atoms with van der Waals surface area (Å²) in [7, 11) is -3.63. The van der Waals surface area contributed by atoms with Crippen molar-refractivity contribution < 1.29 is 18.1 Å². The second-order valence-corrected chi connectivity index (χ2v) is 3.66. The van der Waals surface area contributed by atoms with Crippen LogP contribution in [0.2, 0.25) is 0 Å².